The van der Waals surface area contributed by atoms with Crippen LogP contribution in [0.25, 0.3) is 10.9 Å². The number of aromatic amines is 1. The highest BCUT2D eigenvalue weighted by Crippen LogP contribution is 2.22. The third-order valence-electron chi connectivity index (χ3n) is 3.17. The Hall–Kier alpha value is -1.52. The summed E-state index contributed by atoms with van der Waals surface area (Å²) < 4.78 is 0. The van der Waals surface area contributed by atoms with Crippen LogP contribution in [0.15, 0.2) is 24.4 Å². The molecule has 0 aliphatic carbocycles. The lowest BCUT2D eigenvalue weighted by molar-refractivity contribution is -0.140. The van der Waals surface area contributed by atoms with Gasteiger partial charge in [-0.05, 0) is 23.6 Å². The number of hydrogen-bond acceptors (Lipinski definition) is 2. The molecule has 3 N–H and O–H groups in total. The molecule has 1 unspecified atom stereocenters. The Balaban J connectivity index is 2.15. The van der Waals surface area contributed by atoms with Crippen molar-refractivity contribution in [3.63, 3.8) is 0 Å². The number of aromatic nitrogens is 1. The number of benzene rings is 1. The summed E-state index contributed by atoms with van der Waals surface area (Å²) in [4.78, 5) is 14.3. The van der Waals surface area contributed by atoms with Gasteiger partial charge in [0.1, 0.15) is 6.04 Å². The number of hydrogen-bond donors (Lipinski definition) is 3. The lowest BCUT2D eigenvalue weighted by Gasteiger charge is -2.17. The van der Waals surface area contributed by atoms with E-state index in [2.05, 4.69) is 10.3 Å². The van der Waals surface area contributed by atoms with E-state index in [1.54, 1.807) is 0 Å². The zero-order valence-corrected chi connectivity index (χ0v) is 11.7. The number of carbonyl (C=O) groups is 1. The fourth-order valence-electron chi connectivity index (χ4n) is 2.13. The van der Waals surface area contributed by atoms with Gasteiger partial charge in [0, 0.05) is 28.7 Å². The molecular weight excluding hydrogens is 264 g/mol. The van der Waals surface area contributed by atoms with Gasteiger partial charge in [0.15, 0.2) is 0 Å². The summed E-state index contributed by atoms with van der Waals surface area (Å²) >= 11 is 5.93. The molecule has 0 aliphatic heterocycles. The second-order valence-electron chi connectivity index (χ2n) is 4.94. The van der Waals surface area contributed by atoms with Crippen molar-refractivity contribution in [3.8, 4) is 0 Å². The van der Waals surface area contributed by atoms with Gasteiger partial charge in [-0.1, -0.05) is 31.5 Å². The lowest BCUT2D eigenvalue weighted by Crippen LogP contribution is -2.40. The molecule has 1 aromatic heterocycles. The smallest absolute Gasteiger partial charge is 0.320 e. The minimum absolute atomic E-state index is 0.0390. The van der Waals surface area contributed by atoms with Crippen LogP contribution in [0.3, 0.4) is 0 Å². The summed E-state index contributed by atoms with van der Waals surface area (Å²) in [6.45, 7) is 4.29. The molecule has 0 fully saturated rings. The SMILES string of the molecule is CC(C)C(NCc1c[nH]c2cc(Cl)ccc12)C(=O)O. The first-order valence-corrected chi connectivity index (χ1v) is 6.58. The van der Waals surface area contributed by atoms with E-state index < -0.39 is 12.0 Å². The topological polar surface area (TPSA) is 65.1 Å². The van der Waals surface area contributed by atoms with Gasteiger partial charge in [-0.15, -0.1) is 0 Å². The zero-order chi connectivity index (χ0) is 14.0. The van der Waals surface area contributed by atoms with Crippen molar-refractivity contribution in [2.75, 3.05) is 0 Å². The quantitative estimate of drug-likeness (QED) is 0.789. The maximum atomic E-state index is 11.1. The number of fused-ring (bicyclic) bond motifs is 1. The third kappa shape index (κ3) is 3.08. The van der Waals surface area contributed by atoms with Gasteiger partial charge in [-0.3, -0.25) is 4.79 Å². The predicted molar refractivity (Wildman–Crippen MR) is 76.4 cm³/mol. The van der Waals surface area contributed by atoms with E-state index in [9.17, 15) is 4.79 Å². The first-order valence-electron chi connectivity index (χ1n) is 6.20. The van der Waals surface area contributed by atoms with Crippen LogP contribution in [-0.2, 0) is 11.3 Å². The molecule has 0 amide bonds. The van der Waals surface area contributed by atoms with E-state index in [0.29, 0.717) is 11.6 Å². The highest BCUT2D eigenvalue weighted by atomic mass is 35.5. The molecule has 1 atom stereocenters. The Morgan fingerprint density at radius 3 is 2.84 bits per heavy atom. The Kier molecular flexibility index (Phi) is 4.12. The molecule has 0 saturated heterocycles. The van der Waals surface area contributed by atoms with Gasteiger partial charge in [-0.25, -0.2) is 0 Å². The van der Waals surface area contributed by atoms with Gasteiger partial charge >= 0.3 is 5.97 Å². The van der Waals surface area contributed by atoms with Gasteiger partial charge in [-0.2, -0.15) is 0 Å². The predicted octanol–water partition coefficient (Wildman–Crippen LogP) is 3.02. The Morgan fingerprint density at radius 2 is 2.21 bits per heavy atom. The summed E-state index contributed by atoms with van der Waals surface area (Å²) in [6, 6.07) is 5.09. The van der Waals surface area contributed by atoms with Crippen molar-refractivity contribution < 1.29 is 9.90 Å². The molecule has 2 aromatic rings. The molecule has 0 aliphatic rings. The van der Waals surface area contributed by atoms with E-state index in [-0.39, 0.29) is 5.92 Å². The van der Waals surface area contributed by atoms with Crippen molar-refractivity contribution in [2.45, 2.75) is 26.4 Å². The summed E-state index contributed by atoms with van der Waals surface area (Å²) in [5.41, 5.74) is 2.00. The zero-order valence-electron chi connectivity index (χ0n) is 10.9. The van der Waals surface area contributed by atoms with E-state index in [4.69, 9.17) is 16.7 Å². The molecule has 0 radical (unpaired) electrons. The van der Waals surface area contributed by atoms with Crippen LogP contribution in [0.2, 0.25) is 5.02 Å². The average Bonchev–Trinajstić information content (AvgIpc) is 2.71. The first-order chi connectivity index (χ1) is 8.99. The molecule has 19 heavy (non-hydrogen) atoms. The maximum absolute atomic E-state index is 11.1. The Labute approximate surface area is 116 Å². The highest BCUT2D eigenvalue weighted by Gasteiger charge is 2.20. The number of halogens is 1. The van der Waals surface area contributed by atoms with Crippen molar-refractivity contribution in [3.05, 3.63) is 35.0 Å². The van der Waals surface area contributed by atoms with Crippen LogP contribution in [-0.4, -0.2) is 22.1 Å². The van der Waals surface area contributed by atoms with Gasteiger partial charge in [0.2, 0.25) is 0 Å². The number of nitrogens with one attached hydrogen (secondary N) is 2. The lowest BCUT2D eigenvalue weighted by atomic mass is 10.0. The average molecular weight is 281 g/mol. The van der Waals surface area contributed by atoms with Crippen molar-refractivity contribution in [1.29, 1.82) is 0 Å². The van der Waals surface area contributed by atoms with Crippen LogP contribution < -0.4 is 5.32 Å². The number of carboxylic acid groups (broad SMARTS) is 1. The number of aliphatic carboxylic acids is 1. The Bertz CT molecular complexity index is 592. The number of rotatable bonds is 5. The molecule has 1 aromatic carbocycles. The molecule has 102 valence electrons. The van der Waals surface area contributed by atoms with Crippen molar-refractivity contribution in [1.82, 2.24) is 10.3 Å². The second kappa shape index (κ2) is 5.63. The molecule has 5 heteroatoms. The summed E-state index contributed by atoms with van der Waals surface area (Å²) in [6.07, 6.45) is 1.88. The van der Waals surface area contributed by atoms with E-state index in [1.807, 2.05) is 38.2 Å². The standard InChI is InChI=1S/C14H17ClN2O2/c1-8(2)13(14(18)19)17-7-9-6-16-12-5-10(15)3-4-11(9)12/h3-6,8,13,16-17H,7H2,1-2H3,(H,18,19). The molecule has 0 saturated carbocycles. The fourth-order valence-corrected chi connectivity index (χ4v) is 2.30. The third-order valence-corrected chi connectivity index (χ3v) is 3.41. The van der Waals surface area contributed by atoms with Crippen LogP contribution in [0.4, 0.5) is 0 Å². The number of H-pyrrole nitrogens is 1. The van der Waals surface area contributed by atoms with Crippen molar-refractivity contribution in [2.24, 2.45) is 5.92 Å². The van der Waals surface area contributed by atoms with E-state index >= 15 is 0 Å². The van der Waals surface area contributed by atoms with Gasteiger partial charge in [0.25, 0.3) is 0 Å². The van der Waals surface area contributed by atoms with Crippen LogP contribution in [0.1, 0.15) is 19.4 Å². The van der Waals surface area contributed by atoms with Crippen LogP contribution in [0.5, 0.6) is 0 Å². The monoisotopic (exact) mass is 280 g/mol. The molecule has 1 heterocycles. The van der Waals surface area contributed by atoms with Crippen LogP contribution in [0, 0.1) is 5.92 Å². The summed E-state index contributed by atoms with van der Waals surface area (Å²) in [5, 5.41) is 13.9. The first kappa shape index (κ1) is 13.9. The normalized spacial score (nSPS) is 13.1. The molecular formula is C14H17ClN2O2. The van der Waals surface area contributed by atoms with E-state index in [0.717, 1.165) is 16.5 Å². The maximum Gasteiger partial charge on any atom is 0.320 e. The minimum Gasteiger partial charge on any atom is -0.480 e. The summed E-state index contributed by atoms with van der Waals surface area (Å²) in [7, 11) is 0. The van der Waals surface area contributed by atoms with Crippen LogP contribution >= 0.6 is 11.6 Å². The molecule has 2 rings (SSSR count). The second-order valence-corrected chi connectivity index (χ2v) is 5.38. The fraction of sp³-hybridized carbons (Fsp3) is 0.357. The minimum atomic E-state index is -0.821. The van der Waals surface area contributed by atoms with Crippen molar-refractivity contribution >= 4 is 28.5 Å². The summed E-state index contributed by atoms with van der Waals surface area (Å²) in [5.74, 6) is -0.782. The Morgan fingerprint density at radius 1 is 1.47 bits per heavy atom. The van der Waals surface area contributed by atoms with Gasteiger partial charge < -0.3 is 15.4 Å². The highest BCUT2D eigenvalue weighted by molar-refractivity contribution is 6.31. The molecule has 0 bridgehead atoms. The van der Waals surface area contributed by atoms with Gasteiger partial charge in [0.05, 0.1) is 0 Å². The number of carboxylic acids is 1. The van der Waals surface area contributed by atoms with E-state index in [1.165, 1.54) is 0 Å². The largest absolute Gasteiger partial charge is 0.480 e. The molecule has 0 spiro atoms. The molecule has 4 nitrogen and oxygen atoms in total.